The molecule has 0 radical (unpaired) electrons. The molecule has 7 heteroatoms. The van der Waals surface area contributed by atoms with Crippen molar-refractivity contribution in [3.8, 4) is 0 Å². The number of esters is 1. The van der Waals surface area contributed by atoms with Crippen molar-refractivity contribution in [1.82, 2.24) is 0 Å². The molecule has 0 aromatic carbocycles. The first kappa shape index (κ1) is 28.0. The number of carbonyl (C=O) groups is 2. The maximum Gasteiger partial charge on any atom is 0.305 e. The van der Waals surface area contributed by atoms with Gasteiger partial charge in [0, 0.05) is 37.9 Å². The number of carbonyl (C=O) groups excluding carboxylic acids is 2. The van der Waals surface area contributed by atoms with Gasteiger partial charge in [0.15, 0.2) is 8.32 Å². The van der Waals surface area contributed by atoms with Crippen molar-refractivity contribution in [3.63, 3.8) is 0 Å². The Morgan fingerprint density at radius 1 is 1.23 bits per heavy atom. The molecule has 0 saturated heterocycles. The summed E-state index contributed by atoms with van der Waals surface area (Å²) in [7, 11) is -0.433. The van der Waals surface area contributed by atoms with Crippen molar-refractivity contribution in [3.05, 3.63) is 12.2 Å². The van der Waals surface area contributed by atoms with Crippen molar-refractivity contribution in [2.24, 2.45) is 11.8 Å². The molecule has 0 heterocycles. The van der Waals surface area contributed by atoms with Crippen LogP contribution >= 0.6 is 0 Å². The van der Waals surface area contributed by atoms with Crippen molar-refractivity contribution in [2.45, 2.75) is 96.6 Å². The Balaban J connectivity index is 2.73. The van der Waals surface area contributed by atoms with E-state index >= 15 is 0 Å². The van der Waals surface area contributed by atoms with E-state index in [1.54, 1.807) is 0 Å². The summed E-state index contributed by atoms with van der Waals surface area (Å²) in [5.74, 6) is -0.237. The molecule has 0 aromatic rings. The number of unbranched alkanes of at least 4 members (excludes halogenated alkanes) is 2. The fourth-order valence-electron chi connectivity index (χ4n) is 4.01. The van der Waals surface area contributed by atoms with Gasteiger partial charge in [-0.05, 0) is 45.8 Å². The molecule has 1 aliphatic rings. The van der Waals surface area contributed by atoms with E-state index < -0.39 is 13.9 Å². The van der Waals surface area contributed by atoms with Crippen LogP contribution in [0.1, 0.15) is 65.2 Å². The Morgan fingerprint density at radius 3 is 2.55 bits per heavy atom. The van der Waals surface area contributed by atoms with Crippen LogP contribution in [-0.4, -0.2) is 57.2 Å². The third-order valence-corrected chi connectivity index (χ3v) is 6.66. The number of aliphatic hydroxyl groups is 1. The first-order valence-electron chi connectivity index (χ1n) is 11.8. The van der Waals surface area contributed by atoms with E-state index in [1.807, 2.05) is 19.1 Å². The fourth-order valence-corrected chi connectivity index (χ4v) is 5.16. The maximum atomic E-state index is 12.8. The minimum Gasteiger partial charge on any atom is -0.469 e. The highest BCUT2D eigenvalue weighted by molar-refractivity contribution is 6.69. The third kappa shape index (κ3) is 11.4. The average Bonchev–Trinajstić information content (AvgIpc) is 2.95. The second-order valence-electron chi connectivity index (χ2n) is 9.88. The molecule has 1 unspecified atom stereocenters. The van der Waals surface area contributed by atoms with Gasteiger partial charge in [0.2, 0.25) is 0 Å². The number of Topliss-reactive ketones (excluding diaryl/α,β-unsaturated/α-hetero) is 1. The number of rotatable bonds is 15. The molecule has 1 N–H and O–H groups in total. The molecule has 4 atom stereocenters. The van der Waals surface area contributed by atoms with Gasteiger partial charge in [0.1, 0.15) is 5.78 Å². The number of ether oxygens (including phenoxy) is 2. The van der Waals surface area contributed by atoms with Gasteiger partial charge >= 0.3 is 5.97 Å². The minimum atomic E-state index is -1.81. The van der Waals surface area contributed by atoms with Gasteiger partial charge in [-0.2, -0.15) is 0 Å². The van der Waals surface area contributed by atoms with Crippen LogP contribution in [0, 0.1) is 11.8 Å². The predicted molar refractivity (Wildman–Crippen MR) is 125 cm³/mol. The van der Waals surface area contributed by atoms with Crippen LogP contribution in [0.5, 0.6) is 0 Å². The van der Waals surface area contributed by atoms with Gasteiger partial charge in [-0.15, -0.1) is 0 Å². The summed E-state index contributed by atoms with van der Waals surface area (Å²) in [5.41, 5.74) is -0.876. The largest absolute Gasteiger partial charge is 0.469 e. The summed E-state index contributed by atoms with van der Waals surface area (Å²) in [6.07, 6.45) is 9.65. The molecule has 1 rings (SSSR count). The van der Waals surface area contributed by atoms with Gasteiger partial charge in [-0.3, -0.25) is 9.59 Å². The van der Waals surface area contributed by atoms with E-state index in [0.717, 1.165) is 19.3 Å². The van der Waals surface area contributed by atoms with Gasteiger partial charge in [0.25, 0.3) is 0 Å². The second-order valence-corrected chi connectivity index (χ2v) is 14.3. The van der Waals surface area contributed by atoms with Crippen molar-refractivity contribution in [1.29, 1.82) is 0 Å². The van der Waals surface area contributed by atoms with Crippen LogP contribution < -0.4 is 0 Å². The molecule has 0 amide bonds. The normalized spacial score (nSPS) is 24.0. The lowest BCUT2D eigenvalue weighted by Gasteiger charge is -2.28. The van der Waals surface area contributed by atoms with Crippen LogP contribution in [-0.2, 0) is 23.5 Å². The molecule has 1 saturated carbocycles. The zero-order valence-corrected chi connectivity index (χ0v) is 21.4. The first-order chi connectivity index (χ1) is 14.5. The van der Waals surface area contributed by atoms with Gasteiger partial charge in [-0.1, -0.05) is 38.3 Å². The van der Waals surface area contributed by atoms with Gasteiger partial charge in [-0.25, -0.2) is 0 Å². The highest BCUT2D eigenvalue weighted by Gasteiger charge is 2.43. The summed E-state index contributed by atoms with van der Waals surface area (Å²) >= 11 is 0. The van der Waals surface area contributed by atoms with Crippen molar-refractivity contribution >= 4 is 20.1 Å². The summed E-state index contributed by atoms with van der Waals surface area (Å²) < 4.78 is 16.6. The summed E-state index contributed by atoms with van der Waals surface area (Å²) in [4.78, 5) is 24.0. The molecule has 1 aliphatic carbocycles. The zero-order valence-electron chi connectivity index (χ0n) is 20.4. The molecule has 6 nitrogen and oxygen atoms in total. The molecule has 0 bridgehead atoms. The number of ketones is 1. The molecular formula is C24H44O6Si. The summed E-state index contributed by atoms with van der Waals surface area (Å²) in [6.45, 7) is 11.3. The Bertz CT molecular complexity index is 581. The minimum absolute atomic E-state index is 0.0458. The zero-order chi connectivity index (χ0) is 23.5. The lowest BCUT2D eigenvalue weighted by atomic mass is 9.88. The third-order valence-electron chi connectivity index (χ3n) is 5.65. The molecular weight excluding hydrogens is 412 g/mol. The molecule has 0 spiro atoms. The van der Waals surface area contributed by atoms with E-state index in [0.29, 0.717) is 45.3 Å². The fraction of sp³-hybridized carbons (Fsp3) is 0.833. The van der Waals surface area contributed by atoms with Crippen LogP contribution in [0.15, 0.2) is 12.2 Å². The monoisotopic (exact) mass is 456 g/mol. The molecule has 1 fully saturated rings. The molecule has 0 aliphatic heterocycles. The van der Waals surface area contributed by atoms with E-state index in [4.69, 9.17) is 9.16 Å². The van der Waals surface area contributed by atoms with E-state index in [2.05, 4.69) is 31.3 Å². The Hall–Kier alpha value is -1.02. The Labute approximate surface area is 189 Å². The summed E-state index contributed by atoms with van der Waals surface area (Å²) in [5, 5.41) is 10.7. The van der Waals surface area contributed by atoms with E-state index in [9.17, 15) is 14.7 Å². The summed E-state index contributed by atoms with van der Waals surface area (Å²) in [6, 6.07) is 0. The SMILES string of the molecule is CCCCCC(C)(O)/C=C/[C@H]1[C@H](O[Si](C)(C)C)CC(=O)[C@@H]1CCOCCCC(=O)OC. The Kier molecular flexibility index (Phi) is 12.2. The van der Waals surface area contributed by atoms with E-state index in [-0.39, 0.29) is 29.7 Å². The Morgan fingerprint density at radius 2 is 1.94 bits per heavy atom. The highest BCUT2D eigenvalue weighted by atomic mass is 28.4. The number of hydrogen-bond acceptors (Lipinski definition) is 6. The maximum absolute atomic E-state index is 12.8. The van der Waals surface area contributed by atoms with Crippen molar-refractivity contribution < 1.29 is 28.6 Å². The topological polar surface area (TPSA) is 82.1 Å². The smallest absolute Gasteiger partial charge is 0.305 e. The standard InChI is InChI=1S/C24H44O6Si/c1-7-8-9-14-24(2,27)15-12-20-19(13-17-29-16-10-11-23(26)28-3)21(25)18-22(20)30-31(4,5)6/h12,15,19-20,22,27H,7-11,13-14,16-18H2,1-6H3/b15-12+/t19-,20-,22-,24?/m1/s1. The molecule has 0 aromatic heterocycles. The van der Waals surface area contributed by atoms with Crippen LogP contribution in [0.2, 0.25) is 19.6 Å². The van der Waals surface area contributed by atoms with Crippen LogP contribution in [0.4, 0.5) is 0 Å². The van der Waals surface area contributed by atoms with Crippen molar-refractivity contribution in [2.75, 3.05) is 20.3 Å². The van der Waals surface area contributed by atoms with E-state index in [1.165, 1.54) is 7.11 Å². The average molecular weight is 457 g/mol. The molecule has 180 valence electrons. The quantitative estimate of drug-likeness (QED) is 0.167. The van der Waals surface area contributed by atoms with Gasteiger partial charge in [0.05, 0.1) is 18.8 Å². The number of hydrogen-bond donors (Lipinski definition) is 1. The molecule has 31 heavy (non-hydrogen) atoms. The lowest BCUT2D eigenvalue weighted by Crippen LogP contribution is -2.35. The lowest BCUT2D eigenvalue weighted by molar-refractivity contribution is -0.141. The van der Waals surface area contributed by atoms with Crippen LogP contribution in [0.25, 0.3) is 0 Å². The second kappa shape index (κ2) is 13.5. The van der Waals surface area contributed by atoms with Gasteiger partial charge < -0.3 is 19.0 Å². The predicted octanol–water partition coefficient (Wildman–Crippen LogP) is 4.66. The first-order valence-corrected chi connectivity index (χ1v) is 15.2. The highest BCUT2D eigenvalue weighted by Crippen LogP contribution is 2.37. The number of methoxy groups -OCH3 is 1. The van der Waals surface area contributed by atoms with Crippen LogP contribution in [0.3, 0.4) is 0 Å².